The van der Waals surface area contributed by atoms with Crippen molar-refractivity contribution in [2.24, 2.45) is 0 Å². The molecular formula is C12H12N4O4. The summed E-state index contributed by atoms with van der Waals surface area (Å²) in [6, 6.07) is 2.74. The molecule has 1 fully saturated rings. The average molecular weight is 276 g/mol. The molecule has 1 aliphatic heterocycles. The number of hydrogen-bond acceptors (Lipinski definition) is 6. The molecule has 0 saturated carbocycles. The van der Waals surface area contributed by atoms with E-state index in [9.17, 15) is 20.0 Å². The Labute approximate surface area is 112 Å². The van der Waals surface area contributed by atoms with Crippen LogP contribution in [0, 0.1) is 10.1 Å². The Morgan fingerprint density at radius 1 is 1.50 bits per heavy atom. The van der Waals surface area contributed by atoms with E-state index in [4.69, 9.17) is 0 Å². The predicted octanol–water partition coefficient (Wildman–Crippen LogP) is 0.402. The molecule has 2 aromatic rings. The van der Waals surface area contributed by atoms with E-state index in [2.05, 4.69) is 9.97 Å². The molecule has 0 aliphatic carbocycles. The third-order valence-corrected chi connectivity index (χ3v) is 3.34. The highest BCUT2D eigenvalue weighted by Gasteiger charge is 2.39. The second kappa shape index (κ2) is 4.01. The summed E-state index contributed by atoms with van der Waals surface area (Å²) < 4.78 is 0. The first-order valence-corrected chi connectivity index (χ1v) is 6.00. The van der Waals surface area contributed by atoms with Gasteiger partial charge < -0.3 is 15.0 Å². The molecule has 3 rings (SSSR count). The molecule has 8 heteroatoms. The van der Waals surface area contributed by atoms with Gasteiger partial charge in [0.2, 0.25) is 0 Å². The second-order valence-corrected chi connectivity index (χ2v) is 5.20. The first kappa shape index (κ1) is 12.5. The van der Waals surface area contributed by atoms with Crippen LogP contribution >= 0.6 is 0 Å². The maximum Gasteiger partial charge on any atom is 0.293 e. The fourth-order valence-electron chi connectivity index (χ4n) is 2.44. The van der Waals surface area contributed by atoms with E-state index in [1.807, 2.05) is 0 Å². The van der Waals surface area contributed by atoms with Crippen LogP contribution in [0.2, 0.25) is 0 Å². The first-order chi connectivity index (χ1) is 9.37. The number of fused-ring (bicyclic) bond motifs is 1. The van der Waals surface area contributed by atoms with Crippen LogP contribution < -0.4 is 10.5 Å². The van der Waals surface area contributed by atoms with Gasteiger partial charge in [0.1, 0.15) is 5.69 Å². The number of nitro groups is 1. The molecule has 20 heavy (non-hydrogen) atoms. The van der Waals surface area contributed by atoms with Gasteiger partial charge in [0, 0.05) is 19.2 Å². The van der Waals surface area contributed by atoms with Gasteiger partial charge >= 0.3 is 0 Å². The summed E-state index contributed by atoms with van der Waals surface area (Å²) in [5.41, 5.74) is -0.662. The Morgan fingerprint density at radius 3 is 2.80 bits per heavy atom. The van der Waals surface area contributed by atoms with Crippen LogP contribution in [0.4, 0.5) is 11.4 Å². The number of β-amino-alcohol motifs (C(OH)–C–C–N with tert-alkyl or cyclic N) is 1. The van der Waals surface area contributed by atoms with Gasteiger partial charge in [0.05, 0.1) is 27.8 Å². The lowest BCUT2D eigenvalue weighted by atomic mass is 9.95. The van der Waals surface area contributed by atoms with Crippen LogP contribution in [-0.2, 0) is 0 Å². The molecule has 104 valence electrons. The minimum atomic E-state index is -0.843. The summed E-state index contributed by atoms with van der Waals surface area (Å²) in [7, 11) is 0. The van der Waals surface area contributed by atoms with E-state index < -0.39 is 16.1 Å². The molecular weight excluding hydrogens is 264 g/mol. The summed E-state index contributed by atoms with van der Waals surface area (Å²) in [6.45, 7) is 2.28. The zero-order valence-corrected chi connectivity index (χ0v) is 10.7. The monoisotopic (exact) mass is 276 g/mol. The highest BCUT2D eigenvalue weighted by atomic mass is 16.6. The normalized spacial score (nSPS) is 17.0. The fourth-order valence-corrected chi connectivity index (χ4v) is 2.44. The Kier molecular flexibility index (Phi) is 2.51. The highest BCUT2D eigenvalue weighted by molar-refractivity contribution is 5.87. The first-order valence-electron chi connectivity index (χ1n) is 6.00. The number of rotatable bonds is 2. The molecule has 2 heterocycles. The second-order valence-electron chi connectivity index (χ2n) is 5.20. The SMILES string of the molecule is CC1(O)CN(c2cc3nc[nH]c(=O)c3cc2[N+](=O)[O-])C1. The van der Waals surface area contributed by atoms with Gasteiger partial charge in [-0.25, -0.2) is 4.98 Å². The van der Waals surface area contributed by atoms with Crippen molar-refractivity contribution < 1.29 is 10.0 Å². The summed E-state index contributed by atoms with van der Waals surface area (Å²) in [4.78, 5) is 30.4. The van der Waals surface area contributed by atoms with E-state index >= 15 is 0 Å². The summed E-state index contributed by atoms with van der Waals surface area (Å²) >= 11 is 0. The van der Waals surface area contributed by atoms with Gasteiger partial charge in [-0.1, -0.05) is 0 Å². The Morgan fingerprint density at radius 2 is 2.20 bits per heavy atom. The lowest BCUT2D eigenvalue weighted by Gasteiger charge is -2.45. The number of hydrogen-bond donors (Lipinski definition) is 2. The number of anilines is 1. The van der Waals surface area contributed by atoms with Crippen molar-refractivity contribution in [3.63, 3.8) is 0 Å². The van der Waals surface area contributed by atoms with Crippen LogP contribution in [-0.4, -0.2) is 38.7 Å². The molecule has 0 unspecified atom stereocenters. The number of benzene rings is 1. The molecule has 1 saturated heterocycles. The molecule has 0 amide bonds. The van der Waals surface area contributed by atoms with E-state index in [1.165, 1.54) is 18.5 Å². The Bertz CT molecular complexity index is 760. The molecule has 1 aromatic heterocycles. The minimum Gasteiger partial charge on any atom is -0.386 e. The molecule has 0 spiro atoms. The van der Waals surface area contributed by atoms with Gasteiger partial charge in [0.25, 0.3) is 11.2 Å². The highest BCUT2D eigenvalue weighted by Crippen LogP contribution is 2.36. The molecule has 0 radical (unpaired) electrons. The number of nitrogens with one attached hydrogen (secondary N) is 1. The number of nitro benzene ring substituents is 1. The van der Waals surface area contributed by atoms with Crippen LogP contribution in [0.25, 0.3) is 10.9 Å². The number of aromatic amines is 1. The van der Waals surface area contributed by atoms with E-state index in [0.29, 0.717) is 24.3 Å². The van der Waals surface area contributed by atoms with Gasteiger partial charge in [-0.3, -0.25) is 14.9 Å². The zero-order chi connectivity index (χ0) is 14.5. The smallest absolute Gasteiger partial charge is 0.293 e. The zero-order valence-electron chi connectivity index (χ0n) is 10.7. The van der Waals surface area contributed by atoms with E-state index in [1.54, 1.807) is 11.8 Å². The summed E-state index contributed by atoms with van der Waals surface area (Å²) in [5, 5.41) is 21.1. The molecule has 1 aliphatic rings. The van der Waals surface area contributed by atoms with E-state index in [-0.39, 0.29) is 11.1 Å². The lowest BCUT2D eigenvalue weighted by molar-refractivity contribution is -0.384. The largest absolute Gasteiger partial charge is 0.386 e. The van der Waals surface area contributed by atoms with Crippen molar-refractivity contribution in [3.05, 3.63) is 38.9 Å². The quantitative estimate of drug-likeness (QED) is 0.606. The minimum absolute atomic E-state index is 0.161. The number of aliphatic hydroxyl groups is 1. The Hall–Kier alpha value is -2.48. The number of nitrogens with zero attached hydrogens (tertiary/aromatic N) is 3. The molecule has 1 aromatic carbocycles. The maximum atomic E-state index is 11.6. The van der Waals surface area contributed by atoms with E-state index in [0.717, 1.165) is 0 Å². The van der Waals surface area contributed by atoms with Crippen molar-refractivity contribution in [3.8, 4) is 0 Å². The maximum absolute atomic E-state index is 11.6. The molecule has 8 nitrogen and oxygen atoms in total. The van der Waals surface area contributed by atoms with Crippen LogP contribution in [0.15, 0.2) is 23.3 Å². The van der Waals surface area contributed by atoms with Crippen molar-refractivity contribution in [2.75, 3.05) is 18.0 Å². The third kappa shape index (κ3) is 1.90. The van der Waals surface area contributed by atoms with Crippen molar-refractivity contribution in [2.45, 2.75) is 12.5 Å². The van der Waals surface area contributed by atoms with Crippen LogP contribution in [0.1, 0.15) is 6.92 Å². The van der Waals surface area contributed by atoms with Crippen molar-refractivity contribution >= 4 is 22.3 Å². The third-order valence-electron chi connectivity index (χ3n) is 3.34. The standard InChI is InChI=1S/C12H12N4O4/c1-12(18)4-15(5-12)9-3-8-7(2-10(9)16(19)20)11(17)14-6-13-8/h2-3,6,18H,4-5H2,1H3,(H,13,14,17). The van der Waals surface area contributed by atoms with Crippen LogP contribution in [0.3, 0.4) is 0 Å². The number of H-pyrrole nitrogens is 1. The topological polar surface area (TPSA) is 112 Å². The molecule has 2 N–H and O–H groups in total. The molecule has 0 bridgehead atoms. The molecule has 0 atom stereocenters. The van der Waals surface area contributed by atoms with Crippen LogP contribution in [0.5, 0.6) is 0 Å². The number of aromatic nitrogens is 2. The average Bonchev–Trinajstić information content (AvgIpc) is 2.34. The van der Waals surface area contributed by atoms with Gasteiger partial charge in [-0.15, -0.1) is 0 Å². The predicted molar refractivity (Wildman–Crippen MR) is 71.9 cm³/mol. The Balaban J connectivity index is 2.18. The van der Waals surface area contributed by atoms with Gasteiger partial charge in [-0.05, 0) is 13.0 Å². The van der Waals surface area contributed by atoms with Crippen molar-refractivity contribution in [1.29, 1.82) is 0 Å². The van der Waals surface area contributed by atoms with Gasteiger partial charge in [-0.2, -0.15) is 0 Å². The fraction of sp³-hybridized carbons (Fsp3) is 0.333. The lowest BCUT2D eigenvalue weighted by Crippen LogP contribution is -2.60. The summed E-state index contributed by atoms with van der Waals surface area (Å²) in [6.07, 6.45) is 1.26. The van der Waals surface area contributed by atoms with Gasteiger partial charge in [0.15, 0.2) is 0 Å². The summed E-state index contributed by atoms with van der Waals surface area (Å²) in [5.74, 6) is 0. The van der Waals surface area contributed by atoms with Crippen molar-refractivity contribution in [1.82, 2.24) is 9.97 Å².